The van der Waals surface area contributed by atoms with Crippen LogP contribution in [-0.4, -0.2) is 36.8 Å². The first-order valence-electron chi connectivity index (χ1n) is 13.8. The van der Waals surface area contributed by atoms with Crippen LogP contribution in [0.3, 0.4) is 0 Å². The molecule has 0 saturated heterocycles. The number of nitrogens with one attached hydrogen (secondary N) is 2. The van der Waals surface area contributed by atoms with Crippen molar-refractivity contribution in [1.29, 1.82) is 0 Å². The molecular formula is C35H54N4S. The number of hydrazine groups is 1. The molecule has 220 valence electrons. The number of allylic oxidation sites excluding steroid dienone is 2. The van der Waals surface area contributed by atoms with E-state index in [-0.39, 0.29) is 6.04 Å². The summed E-state index contributed by atoms with van der Waals surface area (Å²) in [5.74, 6) is 13.9. The Morgan fingerprint density at radius 3 is 2.05 bits per heavy atom. The van der Waals surface area contributed by atoms with E-state index in [2.05, 4.69) is 111 Å². The molecule has 2 aromatic rings. The lowest BCUT2D eigenvalue weighted by molar-refractivity contribution is 0.311. The van der Waals surface area contributed by atoms with Crippen molar-refractivity contribution in [3.8, 4) is 0 Å². The number of nitrogens with zero attached hydrogens (tertiary/aromatic N) is 1. The lowest BCUT2D eigenvalue weighted by Gasteiger charge is -2.31. The first-order valence-corrected chi connectivity index (χ1v) is 15.7. The summed E-state index contributed by atoms with van der Waals surface area (Å²) in [5.41, 5.74) is 9.50. The van der Waals surface area contributed by atoms with Crippen molar-refractivity contribution < 1.29 is 0 Å². The van der Waals surface area contributed by atoms with Crippen LogP contribution in [0.5, 0.6) is 0 Å². The van der Waals surface area contributed by atoms with E-state index in [4.69, 9.17) is 5.84 Å². The SMILES string of the molecule is C=C.C=C(C1=C(C)C(=C)N(CCCNC)C1c1ccc(C)c(C)c1)c1ccc(S(=C)(=C)NN)cc1.C=CC.CC. The third-order valence-electron chi connectivity index (χ3n) is 6.65. The Bertz CT molecular complexity index is 1250. The largest absolute Gasteiger partial charge is 0.361 e. The van der Waals surface area contributed by atoms with Gasteiger partial charge in [-0.2, -0.15) is 0 Å². The van der Waals surface area contributed by atoms with Crippen LogP contribution in [-0.2, 0) is 0 Å². The lowest BCUT2D eigenvalue weighted by atomic mass is 9.88. The molecule has 4 N–H and O–H groups in total. The molecule has 2 aromatic carbocycles. The second kappa shape index (κ2) is 18.3. The zero-order chi connectivity index (χ0) is 31.0. The van der Waals surface area contributed by atoms with Gasteiger partial charge < -0.3 is 10.2 Å². The fourth-order valence-corrected chi connectivity index (χ4v) is 5.18. The van der Waals surface area contributed by atoms with Crippen LogP contribution >= 0.6 is 9.39 Å². The van der Waals surface area contributed by atoms with Gasteiger partial charge in [0.25, 0.3) is 0 Å². The van der Waals surface area contributed by atoms with Crippen molar-refractivity contribution in [2.24, 2.45) is 5.84 Å². The maximum absolute atomic E-state index is 5.66. The van der Waals surface area contributed by atoms with E-state index in [1.807, 2.05) is 40.0 Å². The number of hydrogen-bond acceptors (Lipinski definition) is 4. The number of rotatable bonds is 9. The molecule has 0 radical (unpaired) electrons. The predicted molar refractivity (Wildman–Crippen MR) is 187 cm³/mol. The molecule has 1 aliphatic heterocycles. The zero-order valence-electron chi connectivity index (χ0n) is 26.2. The maximum atomic E-state index is 5.66. The van der Waals surface area contributed by atoms with Gasteiger partial charge in [0.05, 0.1) is 6.04 Å². The number of nitrogens with two attached hydrogens (primary N) is 1. The average molecular weight is 563 g/mol. The second-order valence-corrected chi connectivity index (χ2v) is 11.8. The highest BCUT2D eigenvalue weighted by atomic mass is 32.2. The first-order chi connectivity index (χ1) is 19.0. The molecule has 0 aliphatic carbocycles. The smallest absolute Gasteiger partial charge is 0.0805 e. The van der Waals surface area contributed by atoms with Gasteiger partial charge in [-0.3, -0.25) is 5.84 Å². The summed E-state index contributed by atoms with van der Waals surface area (Å²) >= 11 is 0. The molecule has 0 bridgehead atoms. The summed E-state index contributed by atoms with van der Waals surface area (Å²) in [7, 11) is 0.289. The molecule has 1 heterocycles. The molecule has 1 unspecified atom stereocenters. The molecule has 1 aliphatic rings. The van der Waals surface area contributed by atoms with Crippen LogP contribution in [0.25, 0.3) is 5.57 Å². The van der Waals surface area contributed by atoms with Gasteiger partial charge >= 0.3 is 0 Å². The van der Waals surface area contributed by atoms with E-state index in [1.165, 1.54) is 27.8 Å². The van der Waals surface area contributed by atoms with E-state index in [1.54, 1.807) is 6.08 Å². The second-order valence-electron chi connectivity index (χ2n) is 9.29. The van der Waals surface area contributed by atoms with Crippen molar-refractivity contribution in [2.75, 3.05) is 20.1 Å². The van der Waals surface area contributed by atoms with E-state index in [9.17, 15) is 0 Å². The van der Waals surface area contributed by atoms with Crippen LogP contribution in [0.15, 0.2) is 103 Å². The summed E-state index contributed by atoms with van der Waals surface area (Å²) in [4.78, 5) is 6.19. The van der Waals surface area contributed by atoms with Crippen molar-refractivity contribution >= 4 is 26.7 Å². The van der Waals surface area contributed by atoms with Crippen LogP contribution in [0.1, 0.15) is 62.4 Å². The normalized spacial score (nSPS) is 14.2. The Hall–Kier alpha value is -3.09. The first kappa shape index (κ1) is 36.9. The molecule has 0 amide bonds. The zero-order valence-corrected chi connectivity index (χ0v) is 27.0. The van der Waals surface area contributed by atoms with Crippen LogP contribution in [0.2, 0.25) is 0 Å². The Labute approximate surface area is 246 Å². The minimum Gasteiger partial charge on any atom is -0.361 e. The molecule has 1 atom stereocenters. The summed E-state index contributed by atoms with van der Waals surface area (Å²) < 4.78 is 0. The molecule has 0 spiro atoms. The van der Waals surface area contributed by atoms with Crippen molar-refractivity contribution in [3.63, 3.8) is 0 Å². The monoisotopic (exact) mass is 562 g/mol. The maximum Gasteiger partial charge on any atom is 0.0805 e. The topological polar surface area (TPSA) is 53.3 Å². The fraction of sp³-hybridized carbons (Fsp3) is 0.314. The molecule has 4 nitrogen and oxygen atoms in total. The van der Waals surface area contributed by atoms with Crippen molar-refractivity contribution in [3.05, 3.63) is 121 Å². The van der Waals surface area contributed by atoms with Gasteiger partial charge in [-0.15, -0.1) is 29.1 Å². The third kappa shape index (κ3) is 9.24. The lowest BCUT2D eigenvalue weighted by Crippen LogP contribution is -2.27. The van der Waals surface area contributed by atoms with Gasteiger partial charge in [-0.1, -0.05) is 75.2 Å². The minimum atomic E-state index is -1.71. The molecule has 0 saturated carbocycles. The van der Waals surface area contributed by atoms with Crippen LogP contribution < -0.4 is 16.0 Å². The Kier molecular flexibility index (Phi) is 16.9. The molecule has 0 fully saturated rings. The third-order valence-corrected chi connectivity index (χ3v) is 8.27. The van der Waals surface area contributed by atoms with E-state index < -0.39 is 9.39 Å². The molecule has 5 heteroatoms. The predicted octanol–water partition coefficient (Wildman–Crippen LogP) is 8.24. The summed E-state index contributed by atoms with van der Waals surface area (Å²) in [5, 5.41) is 3.26. The number of benzene rings is 2. The van der Waals surface area contributed by atoms with Gasteiger partial charge in [0, 0.05) is 17.1 Å². The van der Waals surface area contributed by atoms with Gasteiger partial charge in [0.15, 0.2) is 0 Å². The highest BCUT2D eigenvalue weighted by Crippen LogP contribution is 2.48. The van der Waals surface area contributed by atoms with Gasteiger partial charge in [-0.05, 0) is 98.8 Å². The highest BCUT2D eigenvalue weighted by molar-refractivity contribution is 8.26. The van der Waals surface area contributed by atoms with Crippen molar-refractivity contribution in [1.82, 2.24) is 15.0 Å². The Morgan fingerprint density at radius 1 is 1.02 bits per heavy atom. The number of aryl methyl sites for hydroxylation is 2. The van der Waals surface area contributed by atoms with Gasteiger partial charge in [0.1, 0.15) is 0 Å². The van der Waals surface area contributed by atoms with Gasteiger partial charge in [0.2, 0.25) is 0 Å². The summed E-state index contributed by atoms with van der Waals surface area (Å²) in [6, 6.07) is 15.1. The van der Waals surface area contributed by atoms with E-state index >= 15 is 0 Å². The highest BCUT2D eigenvalue weighted by Gasteiger charge is 2.35. The number of hydrogen-bond donors (Lipinski definition) is 3. The van der Waals surface area contributed by atoms with Gasteiger partial charge in [-0.25, -0.2) is 4.83 Å². The summed E-state index contributed by atoms with van der Waals surface area (Å²) in [6.45, 7) is 32.7. The average Bonchev–Trinajstić information content (AvgIpc) is 3.22. The van der Waals surface area contributed by atoms with Crippen molar-refractivity contribution in [2.45, 2.75) is 58.9 Å². The molecule has 0 aromatic heterocycles. The minimum absolute atomic E-state index is 0.0944. The van der Waals surface area contributed by atoms with Crippen LogP contribution in [0, 0.1) is 13.8 Å². The Morgan fingerprint density at radius 2 is 1.57 bits per heavy atom. The standard InChI is InChI=1S/C28H38N4S.C3H6.C2H6.C2H4/c1-19-10-11-25(18-20(19)2)28-27(21(3)23(5)32(28)17-9-16-30-6)22(4)24-12-14-26(15-13-24)33(7,8)31-29;1-3-2;2*1-2/h10-15,18,28,30-31H,4-5,7-9,16-17,29H2,1-3,6H3;3H,1H2,2H3;1-2H3;1-2H2. The quantitative estimate of drug-likeness (QED) is 0.0947. The molecule has 40 heavy (non-hydrogen) atoms. The summed E-state index contributed by atoms with van der Waals surface area (Å²) in [6.07, 6.45) is 2.79. The fourth-order valence-electron chi connectivity index (χ4n) is 4.39. The molecule has 3 rings (SSSR count). The van der Waals surface area contributed by atoms with Crippen LogP contribution in [0.4, 0.5) is 0 Å². The molecular weight excluding hydrogens is 508 g/mol. The van der Waals surface area contributed by atoms with E-state index in [0.29, 0.717) is 0 Å². The van der Waals surface area contributed by atoms with E-state index in [0.717, 1.165) is 41.2 Å². The Balaban J connectivity index is 0.00000199.